The number of carbonyl (C=O) groups excluding carboxylic acids is 3. The monoisotopic (exact) mass is 398 g/mol. The van der Waals surface area contributed by atoms with Gasteiger partial charge in [0.1, 0.15) is 5.75 Å². The molecule has 0 atom stereocenters. The van der Waals surface area contributed by atoms with Crippen molar-refractivity contribution in [2.24, 2.45) is 0 Å². The highest BCUT2D eigenvalue weighted by molar-refractivity contribution is 5.96. The van der Waals surface area contributed by atoms with Gasteiger partial charge in [-0.15, -0.1) is 0 Å². The van der Waals surface area contributed by atoms with E-state index in [0.717, 1.165) is 16.7 Å². The number of esters is 1. The largest absolute Gasteiger partial charge is 0.497 e. The van der Waals surface area contributed by atoms with Crippen molar-refractivity contribution in [1.29, 1.82) is 0 Å². The Morgan fingerprint density at radius 3 is 2.31 bits per heavy atom. The first-order chi connectivity index (χ1) is 13.7. The summed E-state index contributed by atoms with van der Waals surface area (Å²) < 4.78 is 10.3. The number of likely N-dealkylation sites (N-methyl/N-ethyl adjacent to an activating group) is 1. The number of methoxy groups -OCH3 is 1. The van der Waals surface area contributed by atoms with Crippen molar-refractivity contribution >= 4 is 23.5 Å². The molecule has 2 aromatic rings. The fourth-order valence-corrected chi connectivity index (χ4v) is 3.02. The van der Waals surface area contributed by atoms with Crippen LogP contribution < -0.4 is 10.1 Å². The van der Waals surface area contributed by atoms with E-state index in [0.29, 0.717) is 17.0 Å². The minimum Gasteiger partial charge on any atom is -0.497 e. The normalized spacial score (nSPS) is 10.2. The molecule has 0 fully saturated rings. The Morgan fingerprint density at radius 2 is 1.69 bits per heavy atom. The van der Waals surface area contributed by atoms with Gasteiger partial charge in [-0.1, -0.05) is 23.8 Å². The molecule has 0 aromatic heterocycles. The predicted molar refractivity (Wildman–Crippen MR) is 110 cm³/mol. The highest BCUT2D eigenvalue weighted by Gasteiger charge is 2.18. The van der Waals surface area contributed by atoms with Crippen molar-refractivity contribution in [1.82, 2.24) is 4.90 Å². The van der Waals surface area contributed by atoms with Crippen LogP contribution in [-0.4, -0.2) is 50.0 Å². The van der Waals surface area contributed by atoms with E-state index in [9.17, 15) is 14.4 Å². The lowest BCUT2D eigenvalue weighted by Gasteiger charge is -2.17. The number of ether oxygens (including phenoxy) is 2. The average molecular weight is 398 g/mol. The molecule has 2 rings (SSSR count). The zero-order chi connectivity index (χ0) is 21.6. The van der Waals surface area contributed by atoms with Gasteiger partial charge in [0.25, 0.3) is 5.91 Å². The Hall–Kier alpha value is -3.35. The van der Waals surface area contributed by atoms with Crippen LogP contribution in [0.4, 0.5) is 5.69 Å². The number of rotatable bonds is 7. The third-order valence-corrected chi connectivity index (χ3v) is 4.37. The molecule has 7 heteroatoms. The molecule has 154 valence electrons. The SMILES string of the molecule is COc1cccc(NC(=O)CN(C)C(=O)COC(=O)c2c(C)cc(C)cc2C)c1. The molecule has 0 saturated carbocycles. The van der Waals surface area contributed by atoms with E-state index in [1.807, 2.05) is 32.9 Å². The molecule has 0 aliphatic heterocycles. The highest BCUT2D eigenvalue weighted by Crippen LogP contribution is 2.18. The van der Waals surface area contributed by atoms with Crippen molar-refractivity contribution < 1.29 is 23.9 Å². The molecular weight excluding hydrogens is 372 g/mol. The van der Waals surface area contributed by atoms with Gasteiger partial charge in [-0.3, -0.25) is 9.59 Å². The quantitative estimate of drug-likeness (QED) is 0.725. The van der Waals surface area contributed by atoms with Crippen LogP contribution in [0.2, 0.25) is 0 Å². The van der Waals surface area contributed by atoms with Crippen molar-refractivity contribution in [2.45, 2.75) is 20.8 Å². The first kappa shape index (κ1) is 21.9. The molecule has 7 nitrogen and oxygen atoms in total. The maximum absolute atomic E-state index is 12.4. The topological polar surface area (TPSA) is 84.9 Å². The second-order valence-electron chi connectivity index (χ2n) is 6.88. The van der Waals surface area contributed by atoms with Crippen LogP contribution in [0.15, 0.2) is 36.4 Å². The van der Waals surface area contributed by atoms with E-state index >= 15 is 0 Å². The van der Waals surface area contributed by atoms with E-state index in [2.05, 4.69) is 5.32 Å². The molecule has 0 unspecified atom stereocenters. The molecule has 29 heavy (non-hydrogen) atoms. The van der Waals surface area contributed by atoms with Gasteiger partial charge in [-0.25, -0.2) is 4.79 Å². The maximum Gasteiger partial charge on any atom is 0.339 e. The van der Waals surface area contributed by atoms with Crippen LogP contribution in [0.3, 0.4) is 0 Å². The van der Waals surface area contributed by atoms with Crippen molar-refractivity contribution in [3.05, 3.63) is 58.7 Å². The van der Waals surface area contributed by atoms with Crippen molar-refractivity contribution in [2.75, 3.05) is 32.6 Å². The van der Waals surface area contributed by atoms with E-state index < -0.39 is 18.5 Å². The Labute approximate surface area is 170 Å². The van der Waals surface area contributed by atoms with E-state index in [1.165, 1.54) is 19.1 Å². The first-order valence-electron chi connectivity index (χ1n) is 9.14. The first-order valence-corrected chi connectivity index (χ1v) is 9.14. The van der Waals surface area contributed by atoms with Crippen molar-refractivity contribution in [3.63, 3.8) is 0 Å². The minimum absolute atomic E-state index is 0.170. The Kier molecular flexibility index (Phi) is 7.36. The molecule has 0 saturated heterocycles. The molecule has 0 spiro atoms. The molecule has 2 amide bonds. The fourth-order valence-electron chi connectivity index (χ4n) is 3.02. The number of aryl methyl sites for hydroxylation is 3. The summed E-state index contributed by atoms with van der Waals surface area (Å²) in [6, 6.07) is 10.7. The lowest BCUT2D eigenvalue weighted by molar-refractivity contribution is -0.136. The van der Waals surface area contributed by atoms with Crippen LogP contribution >= 0.6 is 0 Å². The van der Waals surface area contributed by atoms with E-state index in [1.54, 1.807) is 24.3 Å². The summed E-state index contributed by atoms with van der Waals surface area (Å²) in [6.45, 7) is 5.00. The summed E-state index contributed by atoms with van der Waals surface area (Å²) in [7, 11) is 3.01. The van der Waals surface area contributed by atoms with Crippen LogP contribution in [0.25, 0.3) is 0 Å². The van der Waals surface area contributed by atoms with Gasteiger partial charge in [-0.05, 0) is 44.0 Å². The van der Waals surface area contributed by atoms with Gasteiger partial charge in [-0.2, -0.15) is 0 Å². The summed E-state index contributed by atoms with van der Waals surface area (Å²) in [5, 5.41) is 2.69. The lowest BCUT2D eigenvalue weighted by Crippen LogP contribution is -2.37. The summed E-state index contributed by atoms with van der Waals surface area (Å²) in [5.41, 5.74) is 3.67. The van der Waals surface area contributed by atoms with Gasteiger partial charge in [0, 0.05) is 18.8 Å². The smallest absolute Gasteiger partial charge is 0.339 e. The zero-order valence-electron chi connectivity index (χ0n) is 17.4. The summed E-state index contributed by atoms with van der Waals surface area (Å²) in [5.74, 6) is -0.782. The van der Waals surface area contributed by atoms with Gasteiger partial charge >= 0.3 is 5.97 Å². The van der Waals surface area contributed by atoms with E-state index in [4.69, 9.17) is 9.47 Å². The molecule has 1 N–H and O–H groups in total. The average Bonchev–Trinajstić information content (AvgIpc) is 2.65. The lowest BCUT2D eigenvalue weighted by atomic mass is 10.00. The van der Waals surface area contributed by atoms with Crippen LogP contribution in [0.1, 0.15) is 27.0 Å². The second kappa shape index (κ2) is 9.73. The number of amides is 2. The number of benzene rings is 2. The minimum atomic E-state index is -0.553. The van der Waals surface area contributed by atoms with Crippen LogP contribution in [0.5, 0.6) is 5.75 Å². The fraction of sp³-hybridized carbons (Fsp3) is 0.318. The Morgan fingerprint density at radius 1 is 1.03 bits per heavy atom. The maximum atomic E-state index is 12.4. The third kappa shape index (κ3) is 6.07. The molecule has 0 aliphatic rings. The van der Waals surface area contributed by atoms with Crippen LogP contribution in [-0.2, 0) is 14.3 Å². The van der Waals surface area contributed by atoms with Crippen LogP contribution in [0, 0.1) is 20.8 Å². The van der Waals surface area contributed by atoms with Gasteiger partial charge < -0.3 is 19.7 Å². The second-order valence-corrected chi connectivity index (χ2v) is 6.88. The van der Waals surface area contributed by atoms with Gasteiger partial charge in [0.15, 0.2) is 6.61 Å². The third-order valence-electron chi connectivity index (χ3n) is 4.37. The summed E-state index contributed by atoms with van der Waals surface area (Å²) >= 11 is 0. The molecule has 0 radical (unpaired) electrons. The van der Waals surface area contributed by atoms with Gasteiger partial charge in [0.05, 0.1) is 19.2 Å². The zero-order valence-corrected chi connectivity index (χ0v) is 17.4. The number of nitrogens with one attached hydrogen (secondary N) is 1. The standard InChI is InChI=1S/C22H26N2O5/c1-14-9-15(2)21(16(3)10-14)22(27)29-13-20(26)24(4)12-19(25)23-17-7-6-8-18(11-17)28-5/h6-11H,12-13H2,1-5H3,(H,23,25). The molecular formula is C22H26N2O5. The van der Waals surface area contributed by atoms with Gasteiger partial charge in [0.2, 0.25) is 5.91 Å². The number of nitrogens with zero attached hydrogens (tertiary/aromatic N) is 1. The number of hydrogen-bond donors (Lipinski definition) is 1. The molecule has 0 aliphatic carbocycles. The molecule has 0 bridgehead atoms. The van der Waals surface area contributed by atoms with Crippen molar-refractivity contribution in [3.8, 4) is 5.75 Å². The predicted octanol–water partition coefficient (Wildman–Crippen LogP) is 2.87. The molecule has 0 heterocycles. The summed E-state index contributed by atoms with van der Waals surface area (Å²) in [4.78, 5) is 38.0. The molecule has 2 aromatic carbocycles. The van der Waals surface area contributed by atoms with E-state index in [-0.39, 0.29) is 12.5 Å². The number of anilines is 1. The number of carbonyl (C=O) groups is 3. The highest BCUT2D eigenvalue weighted by atomic mass is 16.5. The number of hydrogen-bond acceptors (Lipinski definition) is 5. The Balaban J connectivity index is 1.88. The Bertz CT molecular complexity index is 900. The summed E-state index contributed by atoms with van der Waals surface area (Å²) in [6.07, 6.45) is 0.